The molecule has 0 spiro atoms. The maximum atomic E-state index is 3.91. The molecule has 1 aromatic rings. The topological polar surface area (TPSA) is 15.6 Å². The third-order valence-corrected chi connectivity index (χ3v) is 2.28. The lowest BCUT2D eigenvalue weighted by Crippen LogP contribution is -2.08. The molecule has 0 amide bonds. The number of anilines is 1. The van der Waals surface area contributed by atoms with Crippen LogP contribution in [0.4, 0.5) is 5.69 Å². The minimum absolute atomic E-state index is 1.23. The van der Waals surface area contributed by atoms with Gasteiger partial charge in [-0.2, -0.15) is 0 Å². The zero-order valence-corrected chi connectivity index (χ0v) is 9.86. The normalized spacial score (nSPS) is 11.5. The molecule has 0 unspecified atom stereocenters. The Labute approximate surface area is 92.0 Å². The fourth-order valence-corrected chi connectivity index (χ4v) is 1.36. The first-order chi connectivity index (χ1) is 7.15. The summed E-state index contributed by atoms with van der Waals surface area (Å²) in [5.74, 6) is 0. The van der Waals surface area contributed by atoms with Crippen molar-refractivity contribution in [2.75, 3.05) is 26.0 Å². The summed E-state index contributed by atoms with van der Waals surface area (Å²) in [7, 11) is 5.87. The number of hydrogen-bond donors (Lipinski definition) is 0. The Hall–Kier alpha value is -1.57. The van der Waals surface area contributed by atoms with Crippen LogP contribution in [0.2, 0.25) is 0 Å². The summed E-state index contributed by atoms with van der Waals surface area (Å²) in [4.78, 5) is 6.01. The van der Waals surface area contributed by atoms with E-state index in [-0.39, 0.29) is 0 Å². The molecule has 0 atom stereocenters. The largest absolute Gasteiger partial charge is 0.378 e. The zero-order valence-electron chi connectivity index (χ0n) is 9.86. The van der Waals surface area contributed by atoms with Crippen molar-refractivity contribution in [3.63, 3.8) is 0 Å². The number of nitrogens with zero attached hydrogens (tertiary/aromatic N) is 2. The number of allylic oxidation sites excluding steroid dienone is 1. The molecule has 1 rings (SSSR count). The fraction of sp³-hybridized carbons (Fsp3) is 0.308. The van der Waals surface area contributed by atoms with Crippen LogP contribution >= 0.6 is 0 Å². The Bertz CT molecular complexity index is 376. The van der Waals surface area contributed by atoms with Crippen LogP contribution < -0.4 is 4.90 Å². The van der Waals surface area contributed by atoms with E-state index >= 15 is 0 Å². The lowest BCUT2D eigenvalue weighted by Gasteiger charge is -2.13. The quantitative estimate of drug-likeness (QED) is 0.688. The molecule has 0 radical (unpaired) electrons. The van der Waals surface area contributed by atoms with Gasteiger partial charge in [0.1, 0.15) is 0 Å². The number of aryl methyl sites for hydroxylation is 1. The minimum atomic E-state index is 1.23. The molecule has 0 aliphatic carbocycles. The predicted octanol–water partition coefficient (Wildman–Crippen LogP) is 2.77. The predicted molar refractivity (Wildman–Crippen MR) is 69.0 cm³/mol. The molecular weight excluding hydrogens is 184 g/mol. The molecule has 80 valence electrons. The molecule has 0 N–H and O–H groups in total. The van der Waals surface area contributed by atoms with E-state index in [1.807, 2.05) is 20.2 Å². The van der Waals surface area contributed by atoms with Crippen molar-refractivity contribution >= 4 is 18.0 Å². The maximum Gasteiger partial charge on any atom is 0.0364 e. The first kappa shape index (κ1) is 11.5. The van der Waals surface area contributed by atoms with Crippen LogP contribution in [0.15, 0.2) is 29.3 Å². The summed E-state index contributed by atoms with van der Waals surface area (Å²) in [5, 5.41) is 0. The minimum Gasteiger partial charge on any atom is -0.378 e. The number of hydrogen-bond acceptors (Lipinski definition) is 2. The summed E-state index contributed by atoms with van der Waals surface area (Å²) in [5.41, 5.74) is 3.75. The average Bonchev–Trinajstić information content (AvgIpc) is 2.20. The molecule has 0 fully saturated rings. The standard InChI is InChI=1S/C13H18N2/c1-11-10-13(15(3)4)8-7-12(11)6-5-9-14-2/h5-10H,1-4H3. The Morgan fingerprint density at radius 1 is 1.27 bits per heavy atom. The third-order valence-electron chi connectivity index (χ3n) is 2.28. The smallest absolute Gasteiger partial charge is 0.0364 e. The van der Waals surface area contributed by atoms with Gasteiger partial charge < -0.3 is 4.90 Å². The van der Waals surface area contributed by atoms with Gasteiger partial charge in [-0.1, -0.05) is 12.1 Å². The van der Waals surface area contributed by atoms with Gasteiger partial charge in [0, 0.05) is 33.0 Å². The van der Waals surface area contributed by atoms with Gasteiger partial charge in [0.15, 0.2) is 0 Å². The van der Waals surface area contributed by atoms with Crippen LogP contribution in [-0.2, 0) is 0 Å². The second-order valence-corrected chi connectivity index (χ2v) is 3.70. The summed E-state index contributed by atoms with van der Waals surface area (Å²) >= 11 is 0. The number of benzene rings is 1. The molecule has 0 aromatic heterocycles. The molecule has 0 bridgehead atoms. The first-order valence-corrected chi connectivity index (χ1v) is 5.02. The van der Waals surface area contributed by atoms with Gasteiger partial charge in [0.25, 0.3) is 0 Å². The molecule has 0 heterocycles. The van der Waals surface area contributed by atoms with Crippen molar-refractivity contribution in [2.24, 2.45) is 4.99 Å². The van der Waals surface area contributed by atoms with E-state index in [0.29, 0.717) is 0 Å². The second kappa shape index (κ2) is 5.35. The number of aliphatic imine (C=N–C) groups is 1. The molecule has 0 saturated heterocycles. The monoisotopic (exact) mass is 202 g/mol. The molecular formula is C13H18N2. The highest BCUT2D eigenvalue weighted by Gasteiger charge is 1.98. The van der Waals surface area contributed by atoms with Crippen molar-refractivity contribution in [3.8, 4) is 0 Å². The van der Waals surface area contributed by atoms with E-state index in [9.17, 15) is 0 Å². The van der Waals surface area contributed by atoms with Crippen molar-refractivity contribution in [1.29, 1.82) is 0 Å². The lowest BCUT2D eigenvalue weighted by atomic mass is 10.1. The summed E-state index contributed by atoms with van der Waals surface area (Å²) in [6.45, 7) is 2.12. The van der Waals surface area contributed by atoms with Crippen LogP contribution in [0.5, 0.6) is 0 Å². The third kappa shape index (κ3) is 3.24. The molecule has 0 aliphatic heterocycles. The zero-order chi connectivity index (χ0) is 11.3. The van der Waals surface area contributed by atoms with Gasteiger partial charge in [-0.15, -0.1) is 0 Å². The Balaban J connectivity index is 2.93. The van der Waals surface area contributed by atoms with E-state index in [2.05, 4.69) is 41.1 Å². The Morgan fingerprint density at radius 3 is 2.53 bits per heavy atom. The van der Waals surface area contributed by atoms with Crippen LogP contribution in [0, 0.1) is 6.92 Å². The molecule has 15 heavy (non-hydrogen) atoms. The Morgan fingerprint density at radius 2 is 2.00 bits per heavy atom. The summed E-state index contributed by atoms with van der Waals surface area (Å²) in [6.07, 6.45) is 5.82. The van der Waals surface area contributed by atoms with Crippen LogP contribution in [0.25, 0.3) is 6.08 Å². The SMILES string of the molecule is CN=CC=Cc1ccc(N(C)C)cc1C. The van der Waals surface area contributed by atoms with Crippen LogP contribution in [-0.4, -0.2) is 27.4 Å². The van der Waals surface area contributed by atoms with Crippen LogP contribution in [0.3, 0.4) is 0 Å². The van der Waals surface area contributed by atoms with E-state index < -0.39 is 0 Å². The van der Waals surface area contributed by atoms with E-state index in [0.717, 1.165) is 0 Å². The van der Waals surface area contributed by atoms with Crippen LogP contribution in [0.1, 0.15) is 11.1 Å². The van der Waals surface area contributed by atoms with E-state index in [1.54, 1.807) is 13.3 Å². The Kier molecular flexibility index (Phi) is 4.10. The van der Waals surface area contributed by atoms with Gasteiger partial charge in [0.05, 0.1) is 0 Å². The van der Waals surface area contributed by atoms with Crippen molar-refractivity contribution in [3.05, 3.63) is 35.4 Å². The highest BCUT2D eigenvalue weighted by molar-refractivity contribution is 5.78. The van der Waals surface area contributed by atoms with E-state index in [1.165, 1.54) is 16.8 Å². The average molecular weight is 202 g/mol. The molecule has 0 aliphatic rings. The van der Waals surface area contributed by atoms with Crippen molar-refractivity contribution < 1.29 is 0 Å². The lowest BCUT2D eigenvalue weighted by molar-refractivity contribution is 1.13. The summed E-state index contributed by atoms with van der Waals surface area (Å²) in [6, 6.07) is 6.43. The van der Waals surface area contributed by atoms with Gasteiger partial charge in [-0.3, -0.25) is 4.99 Å². The van der Waals surface area contributed by atoms with Crippen molar-refractivity contribution in [2.45, 2.75) is 6.92 Å². The first-order valence-electron chi connectivity index (χ1n) is 5.02. The second-order valence-electron chi connectivity index (χ2n) is 3.70. The van der Waals surface area contributed by atoms with E-state index in [4.69, 9.17) is 0 Å². The highest BCUT2D eigenvalue weighted by Crippen LogP contribution is 2.18. The van der Waals surface area contributed by atoms with Gasteiger partial charge in [-0.05, 0) is 36.3 Å². The summed E-state index contributed by atoms with van der Waals surface area (Å²) < 4.78 is 0. The molecule has 2 nitrogen and oxygen atoms in total. The van der Waals surface area contributed by atoms with Gasteiger partial charge >= 0.3 is 0 Å². The number of rotatable bonds is 3. The maximum absolute atomic E-state index is 3.91. The highest BCUT2D eigenvalue weighted by atomic mass is 15.1. The molecule has 0 saturated carbocycles. The molecule has 2 heteroatoms. The van der Waals surface area contributed by atoms with Gasteiger partial charge in [-0.25, -0.2) is 0 Å². The van der Waals surface area contributed by atoms with Crippen molar-refractivity contribution in [1.82, 2.24) is 0 Å². The molecule has 1 aromatic carbocycles. The van der Waals surface area contributed by atoms with Gasteiger partial charge in [0.2, 0.25) is 0 Å². The fourth-order valence-electron chi connectivity index (χ4n) is 1.36.